The minimum absolute atomic E-state index is 0.00532. The van der Waals surface area contributed by atoms with Crippen molar-refractivity contribution in [3.05, 3.63) is 74.3 Å². The molecule has 1 amide bonds. The van der Waals surface area contributed by atoms with E-state index >= 15 is 0 Å². The van der Waals surface area contributed by atoms with Gasteiger partial charge >= 0.3 is 11.2 Å². The quantitative estimate of drug-likeness (QED) is 0.452. The number of aromatic nitrogens is 2. The van der Waals surface area contributed by atoms with E-state index in [-0.39, 0.29) is 17.7 Å². The second-order valence-electron chi connectivity index (χ2n) is 8.60. The Morgan fingerprint density at radius 3 is 2.81 bits per heavy atom. The van der Waals surface area contributed by atoms with Crippen LogP contribution in [0.3, 0.4) is 0 Å². The molecule has 0 spiro atoms. The molecule has 1 saturated heterocycles. The lowest BCUT2D eigenvalue weighted by molar-refractivity contribution is -0.386. The molecular formula is C23H24N4O5. The number of hydrogen-bond donors (Lipinski definition) is 0. The molecule has 4 heterocycles. The Morgan fingerprint density at radius 1 is 1.19 bits per heavy atom. The molecule has 32 heavy (non-hydrogen) atoms. The van der Waals surface area contributed by atoms with Crippen molar-refractivity contribution in [3.63, 3.8) is 0 Å². The summed E-state index contributed by atoms with van der Waals surface area (Å²) < 4.78 is 8.79. The Hall–Kier alpha value is -3.46. The summed E-state index contributed by atoms with van der Waals surface area (Å²) in [5, 5.41) is 12.2. The zero-order valence-corrected chi connectivity index (χ0v) is 17.8. The average molecular weight is 436 g/mol. The Labute approximate surface area is 184 Å². The maximum absolute atomic E-state index is 13.4. The second kappa shape index (κ2) is 7.90. The van der Waals surface area contributed by atoms with E-state index < -0.39 is 16.2 Å². The van der Waals surface area contributed by atoms with Crippen LogP contribution in [0.1, 0.15) is 28.4 Å². The molecule has 0 radical (unpaired) electrons. The minimum atomic E-state index is -0.630. The van der Waals surface area contributed by atoms with Gasteiger partial charge in [-0.05, 0) is 42.0 Å². The van der Waals surface area contributed by atoms with Crippen molar-refractivity contribution in [2.24, 2.45) is 5.92 Å². The van der Waals surface area contributed by atoms with E-state index in [2.05, 4.69) is 4.57 Å². The van der Waals surface area contributed by atoms with Crippen molar-refractivity contribution in [1.29, 1.82) is 0 Å². The SMILES string of the molecule is COCCn1ccc2ccc(C(=O)N3CC4C[C@@H](C3)Cn3c4ccc([N+](=O)[O-])c3=O)cc21. The van der Waals surface area contributed by atoms with Crippen molar-refractivity contribution in [2.75, 3.05) is 26.8 Å². The van der Waals surface area contributed by atoms with Crippen LogP contribution in [-0.4, -0.2) is 51.7 Å². The summed E-state index contributed by atoms with van der Waals surface area (Å²) >= 11 is 0. The summed E-state index contributed by atoms with van der Waals surface area (Å²) in [4.78, 5) is 38.3. The molecule has 166 valence electrons. The molecule has 2 aliphatic heterocycles. The number of carbonyl (C=O) groups is 1. The van der Waals surface area contributed by atoms with Gasteiger partial charge in [-0.15, -0.1) is 0 Å². The number of hydrogen-bond acceptors (Lipinski definition) is 5. The summed E-state index contributed by atoms with van der Waals surface area (Å²) in [7, 11) is 1.66. The summed E-state index contributed by atoms with van der Waals surface area (Å²) in [6, 6.07) is 10.7. The largest absolute Gasteiger partial charge is 0.383 e. The number of nitrogens with zero attached hydrogens (tertiary/aromatic N) is 4. The zero-order chi connectivity index (χ0) is 22.4. The van der Waals surface area contributed by atoms with Crippen molar-refractivity contribution in [3.8, 4) is 0 Å². The van der Waals surface area contributed by atoms with Crippen molar-refractivity contribution in [1.82, 2.24) is 14.0 Å². The first-order valence-electron chi connectivity index (χ1n) is 10.7. The number of ether oxygens (including phenoxy) is 1. The van der Waals surface area contributed by atoms with Crippen molar-refractivity contribution < 1.29 is 14.5 Å². The predicted molar refractivity (Wildman–Crippen MR) is 118 cm³/mol. The third kappa shape index (κ3) is 3.38. The zero-order valence-electron chi connectivity index (χ0n) is 17.8. The first-order valence-corrected chi connectivity index (χ1v) is 10.7. The molecule has 9 nitrogen and oxygen atoms in total. The topological polar surface area (TPSA) is 99.6 Å². The molecular weight excluding hydrogens is 412 g/mol. The number of nitro groups is 1. The van der Waals surface area contributed by atoms with Gasteiger partial charge in [-0.3, -0.25) is 19.7 Å². The molecule has 0 saturated carbocycles. The fraction of sp³-hybridized carbons (Fsp3) is 0.391. The molecule has 2 atom stereocenters. The number of pyridine rings is 1. The third-order valence-corrected chi connectivity index (χ3v) is 6.63. The maximum Gasteiger partial charge on any atom is 0.334 e. The fourth-order valence-corrected chi connectivity index (χ4v) is 5.12. The number of piperidine rings is 1. The first-order chi connectivity index (χ1) is 15.5. The average Bonchev–Trinajstić information content (AvgIpc) is 3.19. The van der Waals surface area contributed by atoms with E-state index in [4.69, 9.17) is 4.74 Å². The summed E-state index contributed by atoms with van der Waals surface area (Å²) in [6.07, 6.45) is 2.87. The lowest BCUT2D eigenvalue weighted by Gasteiger charge is -2.42. The van der Waals surface area contributed by atoms with Crippen LogP contribution in [-0.2, 0) is 17.8 Å². The van der Waals surface area contributed by atoms with Gasteiger partial charge in [0.15, 0.2) is 0 Å². The molecule has 1 unspecified atom stereocenters. The van der Waals surface area contributed by atoms with E-state index in [9.17, 15) is 19.7 Å². The van der Waals surface area contributed by atoms with Gasteiger partial charge in [0.25, 0.3) is 5.91 Å². The van der Waals surface area contributed by atoms with Gasteiger partial charge in [-0.1, -0.05) is 6.07 Å². The monoisotopic (exact) mass is 436 g/mol. The van der Waals surface area contributed by atoms with Crippen molar-refractivity contribution >= 4 is 22.5 Å². The van der Waals surface area contributed by atoms with Gasteiger partial charge in [-0.25, -0.2) is 0 Å². The van der Waals surface area contributed by atoms with Gasteiger partial charge in [0, 0.05) is 68.2 Å². The summed E-state index contributed by atoms with van der Waals surface area (Å²) in [6.45, 7) is 2.73. The Kier molecular flexibility index (Phi) is 5.05. The highest BCUT2D eigenvalue weighted by atomic mass is 16.6. The molecule has 0 aliphatic carbocycles. The van der Waals surface area contributed by atoms with Crippen LogP contribution < -0.4 is 5.56 Å². The molecule has 5 rings (SSSR count). The number of rotatable bonds is 5. The normalized spacial score (nSPS) is 19.7. The highest BCUT2D eigenvalue weighted by Gasteiger charge is 2.37. The summed E-state index contributed by atoms with van der Waals surface area (Å²) in [5.41, 5.74) is 1.46. The van der Waals surface area contributed by atoms with E-state index in [0.717, 1.165) is 23.0 Å². The standard InChI is InChI=1S/C23H24N4O5/c1-32-9-8-24-7-6-16-2-3-17(11-21(16)24)22(28)25-12-15-10-18(14-25)19-4-5-20(27(30)31)23(29)26(19)13-15/h2-7,11,15,18H,8-10,12-14H2,1H3/t15-,18?/m0/s1. The van der Waals surface area contributed by atoms with E-state index in [1.165, 1.54) is 10.6 Å². The first kappa shape index (κ1) is 20.4. The fourth-order valence-electron chi connectivity index (χ4n) is 5.12. The van der Waals surface area contributed by atoms with Crippen LogP contribution in [0.25, 0.3) is 10.9 Å². The smallest absolute Gasteiger partial charge is 0.334 e. The van der Waals surface area contributed by atoms with Crippen LogP contribution in [0, 0.1) is 16.0 Å². The van der Waals surface area contributed by atoms with Crippen LogP contribution in [0.4, 0.5) is 5.69 Å². The lowest BCUT2D eigenvalue weighted by atomic mass is 9.83. The van der Waals surface area contributed by atoms with Crippen LogP contribution in [0.15, 0.2) is 47.4 Å². The van der Waals surface area contributed by atoms with E-state index in [0.29, 0.717) is 38.3 Å². The number of methoxy groups -OCH3 is 1. The Bertz CT molecular complexity index is 1280. The Morgan fingerprint density at radius 2 is 2.03 bits per heavy atom. The van der Waals surface area contributed by atoms with Crippen LogP contribution in [0.2, 0.25) is 0 Å². The van der Waals surface area contributed by atoms with Gasteiger partial charge in [0.1, 0.15) is 0 Å². The van der Waals surface area contributed by atoms with E-state index in [1.807, 2.05) is 35.4 Å². The minimum Gasteiger partial charge on any atom is -0.383 e. The number of fused-ring (bicyclic) bond motifs is 5. The molecule has 1 fully saturated rings. The van der Waals surface area contributed by atoms with E-state index in [1.54, 1.807) is 13.2 Å². The van der Waals surface area contributed by atoms with Crippen LogP contribution >= 0.6 is 0 Å². The van der Waals surface area contributed by atoms with Gasteiger partial charge in [0.05, 0.1) is 11.5 Å². The molecule has 2 bridgehead atoms. The molecule has 3 aromatic rings. The number of benzene rings is 1. The lowest BCUT2D eigenvalue weighted by Crippen LogP contribution is -2.49. The second-order valence-corrected chi connectivity index (χ2v) is 8.60. The van der Waals surface area contributed by atoms with Gasteiger partial charge in [0.2, 0.25) is 0 Å². The molecule has 1 aromatic carbocycles. The molecule has 0 N–H and O–H groups in total. The third-order valence-electron chi connectivity index (χ3n) is 6.63. The highest BCUT2D eigenvalue weighted by Crippen LogP contribution is 2.36. The van der Waals surface area contributed by atoms with Crippen molar-refractivity contribution in [2.45, 2.75) is 25.4 Å². The van der Waals surface area contributed by atoms with Gasteiger partial charge in [-0.2, -0.15) is 0 Å². The predicted octanol–water partition coefficient (Wildman–Crippen LogP) is 2.62. The molecule has 2 aromatic heterocycles. The summed E-state index contributed by atoms with van der Waals surface area (Å²) in [5.74, 6) is 0.0623. The Balaban J connectivity index is 1.42. The molecule has 2 aliphatic rings. The number of carbonyl (C=O) groups excluding carboxylic acids is 1. The highest BCUT2D eigenvalue weighted by molar-refractivity contribution is 5.98. The maximum atomic E-state index is 13.4. The number of amides is 1. The van der Waals surface area contributed by atoms with Gasteiger partial charge < -0.3 is 18.8 Å². The number of likely N-dealkylation sites (tertiary alicyclic amines) is 1. The molecule has 9 heteroatoms. The van der Waals surface area contributed by atoms with Crippen LogP contribution in [0.5, 0.6) is 0 Å².